The lowest BCUT2D eigenvalue weighted by molar-refractivity contribution is -0.143. The summed E-state index contributed by atoms with van der Waals surface area (Å²) in [6.45, 7) is 4.93. The Morgan fingerprint density at radius 1 is 0.350 bits per heavy atom. The molecule has 2 unspecified atom stereocenters. The lowest BCUT2D eigenvalue weighted by Crippen LogP contribution is -2.45. The first-order valence-electron chi connectivity index (χ1n) is 36.3. The van der Waals surface area contributed by atoms with Crippen LogP contribution in [0, 0.1) is 0 Å². The fourth-order valence-corrected chi connectivity index (χ4v) is 11.4. The van der Waals surface area contributed by atoms with E-state index in [-0.39, 0.29) is 18.5 Å². The number of aliphatic hydroxyl groups excluding tert-OH is 2. The molecule has 2 atom stereocenters. The third-order valence-electron chi connectivity index (χ3n) is 16.9. The normalized spacial score (nSPS) is 12.7. The lowest BCUT2D eigenvalue weighted by atomic mass is 10.0. The highest BCUT2D eigenvalue weighted by Crippen LogP contribution is 2.19. The van der Waals surface area contributed by atoms with Crippen molar-refractivity contribution in [1.82, 2.24) is 5.32 Å². The van der Waals surface area contributed by atoms with Crippen LogP contribution in [0.25, 0.3) is 0 Å². The summed E-state index contributed by atoms with van der Waals surface area (Å²) in [4.78, 5) is 24.5. The molecule has 3 N–H and O–H groups in total. The van der Waals surface area contributed by atoms with Crippen molar-refractivity contribution in [2.45, 2.75) is 411 Å². The maximum absolute atomic E-state index is 12.5. The molecule has 0 saturated heterocycles. The van der Waals surface area contributed by atoms with E-state index in [1.807, 2.05) is 6.08 Å². The van der Waals surface area contributed by atoms with Gasteiger partial charge in [-0.25, -0.2) is 0 Å². The highest BCUT2D eigenvalue weighted by molar-refractivity contribution is 5.76. The third kappa shape index (κ3) is 65.2. The van der Waals surface area contributed by atoms with E-state index in [2.05, 4.69) is 43.5 Å². The number of carbonyl (C=O) groups excluding carboxylic acids is 2. The number of hydrogen-bond donors (Lipinski definition) is 3. The minimum absolute atomic E-state index is 0.0204. The van der Waals surface area contributed by atoms with Crippen LogP contribution in [-0.4, -0.2) is 47.4 Å². The second-order valence-electron chi connectivity index (χ2n) is 24.9. The molecule has 0 aromatic rings. The van der Waals surface area contributed by atoms with Gasteiger partial charge in [0.1, 0.15) is 0 Å². The number of rotatable bonds is 68. The maximum Gasteiger partial charge on any atom is 0.305 e. The van der Waals surface area contributed by atoms with Crippen LogP contribution in [0.1, 0.15) is 399 Å². The molecule has 0 fully saturated rings. The van der Waals surface area contributed by atoms with Gasteiger partial charge in [0.15, 0.2) is 0 Å². The summed E-state index contributed by atoms with van der Waals surface area (Å²) in [6, 6.07) is -0.625. The van der Waals surface area contributed by atoms with E-state index >= 15 is 0 Å². The summed E-state index contributed by atoms with van der Waals surface area (Å²) in [5, 5.41) is 23.1. The molecule has 1 amide bonds. The van der Waals surface area contributed by atoms with Gasteiger partial charge in [0.25, 0.3) is 0 Å². The van der Waals surface area contributed by atoms with Gasteiger partial charge in [0.2, 0.25) is 5.91 Å². The first-order valence-corrected chi connectivity index (χ1v) is 36.3. The van der Waals surface area contributed by atoms with E-state index in [1.165, 1.54) is 327 Å². The van der Waals surface area contributed by atoms with Gasteiger partial charge in [0.05, 0.1) is 25.4 Å². The molecule has 0 spiro atoms. The van der Waals surface area contributed by atoms with Gasteiger partial charge in [-0.15, -0.1) is 0 Å². The Labute approximate surface area is 500 Å². The molecule has 0 aromatic carbocycles. The summed E-state index contributed by atoms with van der Waals surface area (Å²) in [7, 11) is 0. The van der Waals surface area contributed by atoms with Gasteiger partial charge in [0, 0.05) is 12.8 Å². The minimum atomic E-state index is -0.842. The Morgan fingerprint density at radius 3 is 0.950 bits per heavy atom. The standard InChI is InChI=1S/C74H141NO5/c1-3-5-7-9-11-13-15-17-18-41-44-48-52-56-60-64-68-74(79)80-69-65-61-57-53-49-45-42-39-37-35-33-31-29-27-25-23-21-19-20-22-24-26-28-30-32-34-36-38-40-43-47-51-55-59-63-67-73(78)75-71(70-76)72(77)66-62-58-54-50-46-16-14-12-10-8-6-4-2/h21,23,27,29,62,66,71-72,76-77H,3-20,22,24-26,28,30-61,63-65,67-70H2,1-2H3,(H,75,78)/b23-21-,29-27-,66-62+. The molecular weight excluding hydrogens is 983 g/mol. The van der Waals surface area contributed by atoms with Crippen molar-refractivity contribution in [2.75, 3.05) is 13.2 Å². The van der Waals surface area contributed by atoms with Crippen molar-refractivity contribution < 1.29 is 24.5 Å². The topological polar surface area (TPSA) is 95.9 Å². The Hall–Kier alpha value is -1.92. The number of unbranched alkanes of at least 4 members (excludes halogenated alkanes) is 53. The van der Waals surface area contributed by atoms with Gasteiger partial charge in [-0.1, -0.05) is 359 Å². The van der Waals surface area contributed by atoms with Gasteiger partial charge in [-0.2, -0.15) is 0 Å². The zero-order chi connectivity index (χ0) is 57.8. The largest absolute Gasteiger partial charge is 0.466 e. The number of amides is 1. The quantitative estimate of drug-likeness (QED) is 0.0320. The van der Waals surface area contributed by atoms with Crippen LogP contribution in [0.2, 0.25) is 0 Å². The Bertz CT molecular complexity index is 1300. The lowest BCUT2D eigenvalue weighted by Gasteiger charge is -2.20. The molecule has 0 aliphatic rings. The number of esters is 1. The summed E-state index contributed by atoms with van der Waals surface area (Å²) in [5.74, 6) is -0.0444. The van der Waals surface area contributed by atoms with Crippen LogP contribution in [0.4, 0.5) is 0 Å². The molecule has 0 saturated carbocycles. The highest BCUT2D eigenvalue weighted by atomic mass is 16.5. The molecule has 0 heterocycles. The second kappa shape index (κ2) is 69.6. The van der Waals surface area contributed by atoms with Crippen molar-refractivity contribution in [1.29, 1.82) is 0 Å². The average Bonchev–Trinajstić information content (AvgIpc) is 3.46. The number of nitrogens with one attached hydrogen (secondary N) is 1. The number of allylic oxidation sites excluding steroid dienone is 5. The van der Waals surface area contributed by atoms with E-state index in [0.29, 0.717) is 19.4 Å². The number of carbonyl (C=O) groups is 2. The van der Waals surface area contributed by atoms with E-state index in [1.54, 1.807) is 6.08 Å². The predicted octanol–water partition coefficient (Wildman–Crippen LogP) is 23.5. The fourth-order valence-electron chi connectivity index (χ4n) is 11.4. The van der Waals surface area contributed by atoms with Gasteiger partial charge < -0.3 is 20.3 Å². The van der Waals surface area contributed by atoms with Crippen LogP contribution in [0.3, 0.4) is 0 Å². The highest BCUT2D eigenvalue weighted by Gasteiger charge is 2.18. The second-order valence-corrected chi connectivity index (χ2v) is 24.9. The van der Waals surface area contributed by atoms with Crippen molar-refractivity contribution >= 4 is 11.9 Å². The number of aliphatic hydroxyl groups is 2. The summed E-state index contributed by atoms with van der Waals surface area (Å²) < 4.78 is 5.50. The van der Waals surface area contributed by atoms with Crippen LogP contribution in [0.5, 0.6) is 0 Å². The minimum Gasteiger partial charge on any atom is -0.466 e. The summed E-state index contributed by atoms with van der Waals surface area (Å²) >= 11 is 0. The Balaban J connectivity index is 3.36. The summed E-state index contributed by atoms with van der Waals surface area (Å²) in [5.41, 5.74) is 0. The maximum atomic E-state index is 12.5. The van der Waals surface area contributed by atoms with Crippen molar-refractivity contribution in [3.8, 4) is 0 Å². The molecule has 0 bridgehead atoms. The molecule has 0 aliphatic heterocycles. The first-order chi connectivity index (χ1) is 39.5. The van der Waals surface area contributed by atoms with E-state index in [9.17, 15) is 19.8 Å². The molecule has 6 heteroatoms. The van der Waals surface area contributed by atoms with Crippen molar-refractivity contribution in [3.05, 3.63) is 36.5 Å². The SMILES string of the molecule is CCCCCCCCCCCC/C=C/C(O)C(CO)NC(=O)CCCCCCCCCCCCCCCCCCC/C=C\C/C=C\CCCCCCCCCCCCCOC(=O)CCCCCCCCCCCCCCCCCC. The Morgan fingerprint density at radius 2 is 0.625 bits per heavy atom. The molecule has 0 aliphatic carbocycles. The molecule has 472 valence electrons. The number of hydrogen-bond acceptors (Lipinski definition) is 5. The molecule has 80 heavy (non-hydrogen) atoms. The van der Waals surface area contributed by atoms with E-state index < -0.39 is 12.1 Å². The fraction of sp³-hybridized carbons (Fsp3) is 0.892. The van der Waals surface area contributed by atoms with Crippen LogP contribution in [0.15, 0.2) is 36.5 Å². The van der Waals surface area contributed by atoms with Crippen molar-refractivity contribution in [2.24, 2.45) is 0 Å². The van der Waals surface area contributed by atoms with E-state index in [0.717, 1.165) is 44.9 Å². The number of ether oxygens (including phenoxy) is 1. The molecule has 0 radical (unpaired) electrons. The zero-order valence-electron chi connectivity index (χ0n) is 54.1. The van der Waals surface area contributed by atoms with Crippen molar-refractivity contribution in [3.63, 3.8) is 0 Å². The molecule has 0 aromatic heterocycles. The average molecular weight is 1120 g/mol. The van der Waals surface area contributed by atoms with Crippen LogP contribution >= 0.6 is 0 Å². The Kier molecular flexibility index (Phi) is 67.9. The smallest absolute Gasteiger partial charge is 0.305 e. The molecule has 6 nitrogen and oxygen atoms in total. The predicted molar refractivity (Wildman–Crippen MR) is 352 cm³/mol. The monoisotopic (exact) mass is 1120 g/mol. The zero-order valence-corrected chi connectivity index (χ0v) is 54.1. The van der Waals surface area contributed by atoms with Gasteiger partial charge >= 0.3 is 5.97 Å². The van der Waals surface area contributed by atoms with Gasteiger partial charge in [-0.05, 0) is 64.2 Å². The first kappa shape index (κ1) is 78.1. The summed E-state index contributed by atoms with van der Waals surface area (Å²) in [6.07, 6.45) is 89.6. The van der Waals surface area contributed by atoms with Crippen LogP contribution in [-0.2, 0) is 14.3 Å². The van der Waals surface area contributed by atoms with E-state index in [4.69, 9.17) is 4.74 Å². The van der Waals surface area contributed by atoms with Gasteiger partial charge in [-0.3, -0.25) is 9.59 Å². The molecular formula is C74H141NO5. The third-order valence-corrected chi connectivity index (χ3v) is 16.9. The molecule has 0 rings (SSSR count). The van der Waals surface area contributed by atoms with Crippen LogP contribution < -0.4 is 5.32 Å².